The number of urea groups is 1. The highest BCUT2D eigenvalue weighted by atomic mass is 16.5. The van der Waals surface area contributed by atoms with Crippen molar-refractivity contribution in [3.05, 3.63) is 41.7 Å². The van der Waals surface area contributed by atoms with Crippen molar-refractivity contribution < 1.29 is 18.8 Å². The van der Waals surface area contributed by atoms with Crippen LogP contribution in [0.2, 0.25) is 0 Å². The van der Waals surface area contributed by atoms with Gasteiger partial charge in [-0.3, -0.25) is 5.32 Å². The quantitative estimate of drug-likeness (QED) is 0.839. The number of ether oxygens (including phenoxy) is 1. The number of amides is 2. The van der Waals surface area contributed by atoms with Gasteiger partial charge in [0, 0.05) is 11.8 Å². The van der Waals surface area contributed by atoms with E-state index in [2.05, 4.69) is 20.5 Å². The van der Waals surface area contributed by atoms with Crippen LogP contribution >= 0.6 is 0 Å². The lowest BCUT2D eigenvalue weighted by Gasteiger charge is -2.06. The number of rotatable bonds is 3. The molecule has 7 heteroatoms. The second kappa shape index (κ2) is 5.87. The molecule has 0 aliphatic rings. The van der Waals surface area contributed by atoms with Crippen molar-refractivity contribution in [2.24, 2.45) is 0 Å². The zero-order chi connectivity index (χ0) is 14.5. The van der Waals surface area contributed by atoms with Crippen LogP contribution in [-0.4, -0.2) is 24.3 Å². The highest BCUT2D eigenvalue weighted by molar-refractivity contribution is 6.00. The molecule has 1 aromatic heterocycles. The topological polar surface area (TPSA) is 93.5 Å². The molecule has 0 aliphatic heterocycles. The maximum Gasteiger partial charge on any atom is 0.337 e. The van der Waals surface area contributed by atoms with Gasteiger partial charge in [0.2, 0.25) is 0 Å². The van der Waals surface area contributed by atoms with Gasteiger partial charge in [0.15, 0.2) is 5.82 Å². The normalized spacial score (nSPS) is 9.90. The van der Waals surface area contributed by atoms with Gasteiger partial charge >= 0.3 is 12.0 Å². The molecular formula is C13H13N3O4. The largest absolute Gasteiger partial charge is 0.465 e. The number of nitrogens with zero attached hydrogens (tertiary/aromatic N) is 1. The average Bonchev–Trinajstić information content (AvgIpc) is 2.83. The summed E-state index contributed by atoms with van der Waals surface area (Å²) in [4.78, 5) is 23.1. The predicted molar refractivity (Wildman–Crippen MR) is 71.7 cm³/mol. The van der Waals surface area contributed by atoms with Crippen LogP contribution in [0.25, 0.3) is 0 Å². The molecule has 0 aliphatic carbocycles. The Morgan fingerprint density at radius 1 is 1.25 bits per heavy atom. The number of benzene rings is 1. The molecule has 104 valence electrons. The summed E-state index contributed by atoms with van der Waals surface area (Å²) in [6, 6.07) is 7.50. The minimum absolute atomic E-state index is 0.309. The molecule has 2 rings (SSSR count). The standard InChI is InChI=1S/C13H13N3O4/c1-8-6-11(16-20-8)15-13(18)14-10-5-3-4-9(7-10)12(17)19-2/h3-7H,1-2H3,(H2,14,15,16,18). The van der Waals surface area contributed by atoms with Gasteiger partial charge in [-0.25, -0.2) is 9.59 Å². The van der Waals surface area contributed by atoms with Gasteiger partial charge in [0.25, 0.3) is 0 Å². The van der Waals surface area contributed by atoms with Crippen LogP contribution in [0.3, 0.4) is 0 Å². The Morgan fingerprint density at radius 2 is 2.05 bits per heavy atom. The maximum absolute atomic E-state index is 11.7. The second-order valence-electron chi connectivity index (χ2n) is 3.97. The highest BCUT2D eigenvalue weighted by Gasteiger charge is 2.09. The third-order valence-electron chi connectivity index (χ3n) is 2.41. The summed E-state index contributed by atoms with van der Waals surface area (Å²) in [7, 11) is 1.29. The lowest BCUT2D eigenvalue weighted by Crippen LogP contribution is -2.19. The molecule has 0 unspecified atom stereocenters. The Balaban J connectivity index is 2.02. The number of anilines is 2. The summed E-state index contributed by atoms with van der Waals surface area (Å²) in [5.41, 5.74) is 0.813. The third-order valence-corrected chi connectivity index (χ3v) is 2.41. The molecule has 0 bridgehead atoms. The molecule has 0 radical (unpaired) electrons. The van der Waals surface area contributed by atoms with E-state index in [9.17, 15) is 9.59 Å². The lowest BCUT2D eigenvalue weighted by atomic mass is 10.2. The van der Waals surface area contributed by atoms with Gasteiger partial charge in [0.1, 0.15) is 5.76 Å². The third kappa shape index (κ3) is 3.35. The first-order valence-electron chi connectivity index (χ1n) is 5.78. The molecule has 0 saturated carbocycles. The molecule has 0 saturated heterocycles. The second-order valence-corrected chi connectivity index (χ2v) is 3.97. The van der Waals surface area contributed by atoms with E-state index in [1.54, 1.807) is 31.2 Å². The molecule has 7 nitrogen and oxygen atoms in total. The average molecular weight is 275 g/mol. The zero-order valence-electron chi connectivity index (χ0n) is 11.0. The molecule has 0 atom stereocenters. The first kappa shape index (κ1) is 13.6. The van der Waals surface area contributed by atoms with Crippen LogP contribution in [0.1, 0.15) is 16.1 Å². The summed E-state index contributed by atoms with van der Waals surface area (Å²) < 4.78 is 9.43. The molecule has 2 aromatic rings. The minimum atomic E-state index is -0.486. The fraction of sp³-hybridized carbons (Fsp3) is 0.154. The van der Waals surface area contributed by atoms with Gasteiger partial charge in [-0.05, 0) is 25.1 Å². The van der Waals surface area contributed by atoms with Gasteiger partial charge in [-0.1, -0.05) is 11.2 Å². The SMILES string of the molecule is COC(=O)c1cccc(NC(=O)Nc2cc(C)on2)c1. The number of hydrogen-bond donors (Lipinski definition) is 2. The lowest BCUT2D eigenvalue weighted by molar-refractivity contribution is 0.0600. The first-order chi connectivity index (χ1) is 9.58. The Kier molecular flexibility index (Phi) is 3.99. The number of nitrogens with one attached hydrogen (secondary N) is 2. The molecule has 2 N–H and O–H groups in total. The number of methoxy groups -OCH3 is 1. The van der Waals surface area contributed by atoms with E-state index >= 15 is 0 Å². The van der Waals surface area contributed by atoms with E-state index in [1.807, 2.05) is 0 Å². The molecule has 20 heavy (non-hydrogen) atoms. The van der Waals surface area contributed by atoms with Gasteiger partial charge in [-0.2, -0.15) is 0 Å². The molecule has 1 heterocycles. The van der Waals surface area contributed by atoms with Gasteiger partial charge < -0.3 is 14.6 Å². The van der Waals surface area contributed by atoms with Crippen molar-refractivity contribution in [2.45, 2.75) is 6.92 Å². The van der Waals surface area contributed by atoms with Crippen molar-refractivity contribution in [2.75, 3.05) is 17.7 Å². The predicted octanol–water partition coefficient (Wildman–Crippen LogP) is 2.41. The van der Waals surface area contributed by atoms with E-state index < -0.39 is 12.0 Å². The monoisotopic (exact) mass is 275 g/mol. The summed E-state index contributed by atoms with van der Waals surface area (Å²) in [5, 5.41) is 8.72. The van der Waals surface area contributed by atoms with Gasteiger partial charge in [-0.15, -0.1) is 0 Å². The van der Waals surface area contributed by atoms with E-state index in [1.165, 1.54) is 13.2 Å². The van der Waals surface area contributed by atoms with Crippen molar-refractivity contribution in [3.8, 4) is 0 Å². The first-order valence-corrected chi connectivity index (χ1v) is 5.78. The molecule has 0 spiro atoms. The Hall–Kier alpha value is -2.83. The molecule has 0 fully saturated rings. The highest BCUT2D eigenvalue weighted by Crippen LogP contribution is 2.13. The molecule has 2 amide bonds. The number of carbonyl (C=O) groups excluding carboxylic acids is 2. The summed E-state index contributed by atoms with van der Waals surface area (Å²) in [6.07, 6.45) is 0. The fourth-order valence-corrected chi connectivity index (χ4v) is 1.55. The Bertz CT molecular complexity index is 636. The van der Waals surface area contributed by atoms with Crippen LogP contribution in [0.15, 0.2) is 34.9 Å². The summed E-state index contributed by atoms with van der Waals surface area (Å²) in [6.45, 7) is 1.72. The van der Waals surface area contributed by atoms with Crippen molar-refractivity contribution in [1.29, 1.82) is 0 Å². The van der Waals surface area contributed by atoms with E-state index in [0.29, 0.717) is 22.8 Å². The molecular weight excluding hydrogens is 262 g/mol. The maximum atomic E-state index is 11.7. The van der Waals surface area contributed by atoms with Crippen LogP contribution in [0.5, 0.6) is 0 Å². The Morgan fingerprint density at radius 3 is 2.70 bits per heavy atom. The van der Waals surface area contributed by atoms with Crippen LogP contribution in [0.4, 0.5) is 16.3 Å². The number of esters is 1. The fourth-order valence-electron chi connectivity index (χ4n) is 1.55. The number of hydrogen-bond acceptors (Lipinski definition) is 5. The minimum Gasteiger partial charge on any atom is -0.465 e. The number of carbonyl (C=O) groups is 2. The van der Waals surface area contributed by atoms with E-state index in [-0.39, 0.29) is 0 Å². The van der Waals surface area contributed by atoms with Crippen LogP contribution < -0.4 is 10.6 Å². The number of aromatic nitrogens is 1. The van der Waals surface area contributed by atoms with Crippen molar-refractivity contribution in [1.82, 2.24) is 5.16 Å². The smallest absolute Gasteiger partial charge is 0.337 e. The zero-order valence-corrected chi connectivity index (χ0v) is 11.0. The van der Waals surface area contributed by atoms with Crippen LogP contribution in [0, 0.1) is 6.92 Å². The molecule has 1 aromatic carbocycles. The summed E-state index contributed by atoms with van der Waals surface area (Å²) in [5.74, 6) is 0.429. The van der Waals surface area contributed by atoms with E-state index in [0.717, 1.165) is 0 Å². The van der Waals surface area contributed by atoms with Gasteiger partial charge in [0.05, 0.1) is 12.7 Å². The van der Waals surface area contributed by atoms with Crippen molar-refractivity contribution in [3.63, 3.8) is 0 Å². The van der Waals surface area contributed by atoms with Crippen molar-refractivity contribution >= 4 is 23.5 Å². The number of aryl methyl sites for hydroxylation is 1. The van der Waals surface area contributed by atoms with Crippen LogP contribution in [-0.2, 0) is 4.74 Å². The summed E-state index contributed by atoms with van der Waals surface area (Å²) >= 11 is 0. The van der Waals surface area contributed by atoms with E-state index in [4.69, 9.17) is 4.52 Å². The Labute approximate surface area is 114 Å².